The van der Waals surface area contributed by atoms with E-state index in [0.29, 0.717) is 13.0 Å². The smallest absolute Gasteiger partial charge is 0.302 e. The zero-order valence-corrected chi connectivity index (χ0v) is 6.01. The van der Waals surface area contributed by atoms with Crippen molar-refractivity contribution in [2.75, 3.05) is 6.61 Å². The molecule has 9 heavy (non-hydrogen) atoms. The van der Waals surface area contributed by atoms with Gasteiger partial charge in [0, 0.05) is 0 Å². The second-order valence-electron chi connectivity index (χ2n) is 2.01. The molecule has 1 aliphatic rings. The van der Waals surface area contributed by atoms with Crippen molar-refractivity contribution in [3.05, 3.63) is 0 Å². The van der Waals surface area contributed by atoms with E-state index in [1.54, 1.807) is 6.92 Å². The van der Waals surface area contributed by atoms with E-state index >= 15 is 0 Å². The van der Waals surface area contributed by atoms with Crippen molar-refractivity contribution >= 4 is 7.82 Å². The van der Waals surface area contributed by atoms with Gasteiger partial charge in [-0.2, -0.15) is 0 Å². The van der Waals surface area contributed by atoms with E-state index < -0.39 is 7.82 Å². The van der Waals surface area contributed by atoms with E-state index in [2.05, 4.69) is 9.05 Å². The molecule has 0 bridgehead atoms. The maximum absolute atomic E-state index is 10.6. The van der Waals surface area contributed by atoms with Gasteiger partial charge in [-0.3, -0.25) is 9.05 Å². The Balaban J connectivity index is 2.51. The van der Waals surface area contributed by atoms with Crippen LogP contribution in [0.3, 0.4) is 0 Å². The van der Waals surface area contributed by atoms with Crippen molar-refractivity contribution in [1.29, 1.82) is 0 Å². The monoisotopic (exact) mass is 152 g/mol. The Morgan fingerprint density at radius 1 is 1.78 bits per heavy atom. The van der Waals surface area contributed by atoms with Crippen molar-refractivity contribution < 1.29 is 18.5 Å². The molecule has 0 spiro atoms. The molecule has 1 rings (SSSR count). The first kappa shape index (κ1) is 7.22. The quantitative estimate of drug-likeness (QED) is 0.524. The Labute approximate surface area is 53.4 Å². The van der Waals surface area contributed by atoms with Gasteiger partial charge in [-0.15, -0.1) is 0 Å². The van der Waals surface area contributed by atoms with Gasteiger partial charge >= 0.3 is 7.82 Å². The molecule has 1 fully saturated rings. The van der Waals surface area contributed by atoms with Gasteiger partial charge in [0.1, 0.15) is 0 Å². The highest BCUT2D eigenvalue weighted by Gasteiger charge is 2.28. The molecule has 4 nitrogen and oxygen atoms in total. The summed E-state index contributed by atoms with van der Waals surface area (Å²) < 4.78 is 19.5. The molecule has 1 aliphatic heterocycles. The van der Waals surface area contributed by atoms with E-state index in [4.69, 9.17) is 4.89 Å². The molecule has 0 aliphatic carbocycles. The average Bonchev–Trinajstić information content (AvgIpc) is 1.60. The lowest BCUT2D eigenvalue weighted by molar-refractivity contribution is 0.0566. The van der Waals surface area contributed by atoms with Crippen LogP contribution in [0.25, 0.3) is 0 Å². The van der Waals surface area contributed by atoms with Gasteiger partial charge in [-0.1, -0.05) is 0 Å². The van der Waals surface area contributed by atoms with Gasteiger partial charge in [-0.05, 0) is 13.3 Å². The van der Waals surface area contributed by atoms with Crippen molar-refractivity contribution in [2.45, 2.75) is 19.4 Å². The molecule has 0 radical (unpaired) electrons. The summed E-state index contributed by atoms with van der Waals surface area (Å²) in [4.78, 5) is 8.66. The largest absolute Gasteiger partial charge is 0.472 e. The Morgan fingerprint density at radius 2 is 2.44 bits per heavy atom. The molecule has 1 saturated heterocycles. The van der Waals surface area contributed by atoms with E-state index in [0.717, 1.165) is 0 Å². The van der Waals surface area contributed by atoms with Gasteiger partial charge in [0.2, 0.25) is 0 Å². The minimum atomic E-state index is -3.64. The lowest BCUT2D eigenvalue weighted by atomic mass is 10.3. The summed E-state index contributed by atoms with van der Waals surface area (Å²) in [7, 11) is -3.64. The van der Waals surface area contributed by atoms with Crippen LogP contribution in [0.4, 0.5) is 0 Å². The normalized spacial score (nSPS) is 44.9. The second-order valence-corrected chi connectivity index (χ2v) is 3.41. The van der Waals surface area contributed by atoms with Gasteiger partial charge < -0.3 is 4.89 Å². The van der Waals surface area contributed by atoms with Crippen molar-refractivity contribution in [1.82, 2.24) is 0 Å². The van der Waals surface area contributed by atoms with Crippen molar-refractivity contribution in [3.63, 3.8) is 0 Å². The highest BCUT2D eigenvalue weighted by molar-refractivity contribution is 7.47. The molecular formula is C4H9O4P. The van der Waals surface area contributed by atoms with Crippen LogP contribution in [-0.2, 0) is 13.6 Å². The third-order valence-corrected chi connectivity index (χ3v) is 2.23. The van der Waals surface area contributed by atoms with Gasteiger partial charge in [-0.25, -0.2) is 4.57 Å². The summed E-state index contributed by atoms with van der Waals surface area (Å²) in [5.74, 6) is 0. The zero-order valence-electron chi connectivity index (χ0n) is 5.11. The molecule has 2 atom stereocenters. The molecule has 0 amide bonds. The molecule has 0 aromatic rings. The molecule has 54 valence electrons. The van der Waals surface area contributed by atoms with Gasteiger partial charge in [0.05, 0.1) is 12.7 Å². The third-order valence-electron chi connectivity index (χ3n) is 1.09. The Morgan fingerprint density at radius 3 is 2.78 bits per heavy atom. The van der Waals surface area contributed by atoms with Crippen LogP contribution in [0, 0.1) is 0 Å². The second kappa shape index (κ2) is 2.39. The first-order valence-corrected chi connectivity index (χ1v) is 4.25. The number of phosphoric acid groups is 1. The van der Waals surface area contributed by atoms with Crippen LogP contribution in [-0.4, -0.2) is 17.6 Å². The molecular weight excluding hydrogens is 143 g/mol. The average molecular weight is 152 g/mol. The van der Waals surface area contributed by atoms with Crippen molar-refractivity contribution in [2.24, 2.45) is 0 Å². The highest BCUT2D eigenvalue weighted by atomic mass is 31.2. The molecule has 1 N–H and O–H groups in total. The zero-order chi connectivity index (χ0) is 6.91. The van der Waals surface area contributed by atoms with E-state index in [9.17, 15) is 4.57 Å². The number of phosphoric ester groups is 1. The van der Waals surface area contributed by atoms with Gasteiger partial charge in [0.15, 0.2) is 0 Å². The fraction of sp³-hybridized carbons (Fsp3) is 1.00. The summed E-state index contributed by atoms with van der Waals surface area (Å²) in [6.45, 7) is 2.06. The molecule has 0 saturated carbocycles. The minimum Gasteiger partial charge on any atom is -0.302 e. The molecule has 5 heteroatoms. The molecule has 2 unspecified atom stereocenters. The maximum Gasteiger partial charge on any atom is 0.472 e. The van der Waals surface area contributed by atoms with Crippen molar-refractivity contribution in [3.8, 4) is 0 Å². The number of hydrogen-bond donors (Lipinski definition) is 1. The van der Waals surface area contributed by atoms with E-state index in [1.807, 2.05) is 0 Å². The third kappa shape index (κ3) is 2.06. The van der Waals surface area contributed by atoms with Crippen LogP contribution < -0.4 is 0 Å². The summed E-state index contributed by atoms with van der Waals surface area (Å²) in [6, 6.07) is 0. The molecule has 0 aromatic carbocycles. The summed E-state index contributed by atoms with van der Waals surface area (Å²) >= 11 is 0. The predicted molar refractivity (Wildman–Crippen MR) is 30.9 cm³/mol. The molecule has 0 aromatic heterocycles. The first-order valence-electron chi connectivity index (χ1n) is 2.76. The standard InChI is InChI=1S/C4H9O4P/c1-4-2-3-7-9(5,6)8-4/h4H,2-3H2,1H3,(H,5,6). The van der Waals surface area contributed by atoms with Gasteiger partial charge in [0.25, 0.3) is 0 Å². The summed E-state index contributed by atoms with van der Waals surface area (Å²) in [5.41, 5.74) is 0. The summed E-state index contributed by atoms with van der Waals surface area (Å²) in [6.07, 6.45) is 0.527. The van der Waals surface area contributed by atoms with E-state index in [1.165, 1.54) is 0 Å². The van der Waals surface area contributed by atoms with Crippen LogP contribution in [0.1, 0.15) is 13.3 Å². The minimum absolute atomic E-state index is 0.158. The van der Waals surface area contributed by atoms with Crippen LogP contribution in [0.5, 0.6) is 0 Å². The maximum atomic E-state index is 10.6. The predicted octanol–water partition coefficient (Wildman–Crippen LogP) is 0.912. The highest BCUT2D eigenvalue weighted by Crippen LogP contribution is 2.47. The van der Waals surface area contributed by atoms with Crippen LogP contribution >= 0.6 is 7.82 Å². The first-order chi connectivity index (χ1) is 4.10. The molecule has 1 heterocycles. The Kier molecular flexibility index (Phi) is 1.91. The number of rotatable bonds is 0. The Bertz CT molecular complexity index is 146. The van der Waals surface area contributed by atoms with E-state index in [-0.39, 0.29) is 6.10 Å². The Hall–Kier alpha value is 0.110. The fourth-order valence-electron chi connectivity index (χ4n) is 0.645. The fourth-order valence-corrected chi connectivity index (χ4v) is 1.60. The SMILES string of the molecule is CC1CCOP(=O)(O)O1. The lowest BCUT2D eigenvalue weighted by Gasteiger charge is -2.22. The lowest BCUT2D eigenvalue weighted by Crippen LogP contribution is -2.16. The topological polar surface area (TPSA) is 55.8 Å². The van der Waals surface area contributed by atoms with Crippen LogP contribution in [0.2, 0.25) is 0 Å². The van der Waals surface area contributed by atoms with Crippen LogP contribution in [0.15, 0.2) is 0 Å². The number of hydrogen-bond acceptors (Lipinski definition) is 3. The summed E-state index contributed by atoms with van der Waals surface area (Å²) in [5, 5.41) is 0.